The number of carboxylic acid groups (broad SMARTS) is 1. The van der Waals surface area contributed by atoms with Crippen LogP contribution in [0.25, 0.3) is 11.3 Å². The van der Waals surface area contributed by atoms with Crippen LogP contribution >= 0.6 is 11.6 Å². The lowest BCUT2D eigenvalue weighted by Crippen LogP contribution is -1.96. The number of nitrogens with zero attached hydrogens (tertiary/aromatic N) is 1. The molecule has 2 aromatic rings. The van der Waals surface area contributed by atoms with Crippen molar-refractivity contribution in [1.82, 2.24) is 5.16 Å². The van der Waals surface area contributed by atoms with Gasteiger partial charge in [-0.15, -0.1) is 0 Å². The van der Waals surface area contributed by atoms with Gasteiger partial charge in [0.2, 0.25) is 5.69 Å². The highest BCUT2D eigenvalue weighted by atomic mass is 35.5. The van der Waals surface area contributed by atoms with Crippen molar-refractivity contribution in [2.24, 2.45) is 0 Å². The molecule has 18 heavy (non-hydrogen) atoms. The van der Waals surface area contributed by atoms with Gasteiger partial charge < -0.3 is 14.4 Å². The van der Waals surface area contributed by atoms with Crippen LogP contribution in [0.1, 0.15) is 10.5 Å². The highest BCUT2D eigenvalue weighted by Gasteiger charge is 2.23. The lowest BCUT2D eigenvalue weighted by Gasteiger charge is -2.02. The van der Waals surface area contributed by atoms with Gasteiger partial charge in [-0.05, 0) is 12.1 Å². The molecule has 1 aromatic heterocycles. The van der Waals surface area contributed by atoms with Gasteiger partial charge in [0, 0.05) is 6.07 Å². The van der Waals surface area contributed by atoms with Crippen molar-refractivity contribution in [2.75, 3.05) is 7.11 Å². The summed E-state index contributed by atoms with van der Waals surface area (Å²) in [5, 5.41) is 11.8. The standard InChI is InChI=1S/C11H7ClFNO4/c1-17-5-2-3-6(7(13)4-5)10-8(12)9(11(15)16)14-18-10/h2-4H,1H3,(H,15,16). The van der Waals surface area contributed by atoms with Crippen LogP contribution in [0.3, 0.4) is 0 Å². The molecule has 94 valence electrons. The number of rotatable bonds is 3. The largest absolute Gasteiger partial charge is 0.497 e. The topological polar surface area (TPSA) is 72.6 Å². The molecule has 0 saturated heterocycles. The summed E-state index contributed by atoms with van der Waals surface area (Å²) >= 11 is 5.76. The number of hydrogen-bond acceptors (Lipinski definition) is 4. The summed E-state index contributed by atoms with van der Waals surface area (Å²) < 4.78 is 23.3. The average Bonchev–Trinajstić information content (AvgIpc) is 2.71. The first kappa shape index (κ1) is 12.4. The molecule has 0 amide bonds. The van der Waals surface area contributed by atoms with Crippen LogP contribution in [0.2, 0.25) is 5.02 Å². The smallest absolute Gasteiger partial charge is 0.359 e. The van der Waals surface area contributed by atoms with Gasteiger partial charge >= 0.3 is 5.97 Å². The van der Waals surface area contributed by atoms with E-state index in [0.717, 1.165) is 6.07 Å². The van der Waals surface area contributed by atoms with E-state index in [2.05, 4.69) is 5.16 Å². The van der Waals surface area contributed by atoms with Crippen LogP contribution in [0.4, 0.5) is 4.39 Å². The second kappa shape index (κ2) is 4.66. The van der Waals surface area contributed by atoms with Gasteiger partial charge in [0.05, 0.1) is 12.7 Å². The Bertz CT molecular complexity index is 611. The summed E-state index contributed by atoms with van der Waals surface area (Å²) in [6.07, 6.45) is 0. The Balaban J connectivity index is 2.52. The molecule has 0 aliphatic rings. The molecule has 0 unspecified atom stereocenters. The summed E-state index contributed by atoms with van der Waals surface area (Å²) in [6.45, 7) is 0. The van der Waals surface area contributed by atoms with Crippen molar-refractivity contribution < 1.29 is 23.6 Å². The number of benzene rings is 1. The Morgan fingerprint density at radius 1 is 1.56 bits per heavy atom. The van der Waals surface area contributed by atoms with Crippen molar-refractivity contribution in [3.8, 4) is 17.1 Å². The van der Waals surface area contributed by atoms with Gasteiger partial charge in [0.1, 0.15) is 16.6 Å². The number of hydrogen-bond donors (Lipinski definition) is 1. The number of methoxy groups -OCH3 is 1. The lowest BCUT2D eigenvalue weighted by molar-refractivity contribution is 0.0686. The van der Waals surface area contributed by atoms with E-state index < -0.39 is 17.5 Å². The summed E-state index contributed by atoms with van der Waals surface area (Å²) in [5.41, 5.74) is -0.442. The fourth-order valence-corrected chi connectivity index (χ4v) is 1.64. The summed E-state index contributed by atoms with van der Waals surface area (Å²) in [7, 11) is 1.40. The lowest BCUT2D eigenvalue weighted by atomic mass is 10.1. The van der Waals surface area contributed by atoms with Crippen LogP contribution in [0, 0.1) is 5.82 Å². The zero-order valence-corrected chi connectivity index (χ0v) is 9.86. The number of carboxylic acids is 1. The molecule has 0 radical (unpaired) electrons. The fraction of sp³-hybridized carbons (Fsp3) is 0.0909. The molecule has 1 N–H and O–H groups in total. The van der Waals surface area contributed by atoms with Gasteiger partial charge in [-0.3, -0.25) is 0 Å². The Morgan fingerprint density at radius 3 is 2.78 bits per heavy atom. The molecule has 0 aliphatic heterocycles. The monoisotopic (exact) mass is 271 g/mol. The van der Waals surface area contributed by atoms with Crippen molar-refractivity contribution in [1.29, 1.82) is 0 Å². The minimum absolute atomic E-state index is 0.0146. The van der Waals surface area contributed by atoms with E-state index >= 15 is 0 Å². The van der Waals surface area contributed by atoms with Crippen molar-refractivity contribution >= 4 is 17.6 Å². The maximum absolute atomic E-state index is 13.7. The van der Waals surface area contributed by atoms with Crippen LogP contribution in [-0.2, 0) is 0 Å². The molecule has 2 rings (SSSR count). The third-order valence-electron chi connectivity index (χ3n) is 2.26. The van der Waals surface area contributed by atoms with Crippen molar-refractivity contribution in [2.45, 2.75) is 0 Å². The number of aromatic carboxylic acids is 1. The van der Waals surface area contributed by atoms with Crippen LogP contribution in [0.5, 0.6) is 5.75 Å². The van der Waals surface area contributed by atoms with Gasteiger partial charge in [-0.1, -0.05) is 16.8 Å². The van der Waals surface area contributed by atoms with E-state index in [9.17, 15) is 9.18 Å². The Hall–Kier alpha value is -2.08. The molecule has 5 nitrogen and oxygen atoms in total. The SMILES string of the molecule is COc1ccc(-c2onc(C(=O)O)c2Cl)c(F)c1. The molecule has 1 aromatic carbocycles. The van der Waals surface area contributed by atoms with E-state index in [0.29, 0.717) is 5.75 Å². The van der Waals surface area contributed by atoms with Crippen molar-refractivity contribution in [3.05, 3.63) is 34.7 Å². The Kier molecular flexibility index (Phi) is 3.20. The fourth-order valence-electron chi connectivity index (χ4n) is 1.39. The third-order valence-corrected chi connectivity index (χ3v) is 2.61. The first-order chi connectivity index (χ1) is 8.54. The minimum atomic E-state index is -1.34. The highest BCUT2D eigenvalue weighted by Crippen LogP contribution is 2.33. The minimum Gasteiger partial charge on any atom is -0.497 e. The molecule has 0 spiro atoms. The first-order valence-corrected chi connectivity index (χ1v) is 5.14. The van der Waals surface area contributed by atoms with E-state index in [1.54, 1.807) is 0 Å². The Labute approximate surface area is 106 Å². The summed E-state index contributed by atoms with van der Waals surface area (Å²) in [6, 6.07) is 4.00. The number of ether oxygens (including phenoxy) is 1. The molecular formula is C11H7ClFNO4. The zero-order valence-electron chi connectivity index (χ0n) is 9.11. The van der Waals surface area contributed by atoms with Crippen molar-refractivity contribution in [3.63, 3.8) is 0 Å². The first-order valence-electron chi connectivity index (χ1n) is 4.77. The quantitative estimate of drug-likeness (QED) is 0.929. The second-order valence-corrected chi connectivity index (χ2v) is 3.70. The van der Waals surface area contributed by atoms with Crippen LogP contribution < -0.4 is 4.74 Å². The molecule has 0 aliphatic carbocycles. The molecule has 1 heterocycles. The number of halogens is 2. The zero-order chi connectivity index (χ0) is 13.3. The average molecular weight is 272 g/mol. The number of carbonyl (C=O) groups is 1. The molecule has 0 fully saturated rings. The van der Waals surface area contributed by atoms with E-state index in [-0.39, 0.29) is 16.3 Å². The van der Waals surface area contributed by atoms with Gasteiger partial charge in [0.15, 0.2) is 5.76 Å². The van der Waals surface area contributed by atoms with E-state index in [1.165, 1.54) is 19.2 Å². The molecule has 0 atom stereocenters. The normalized spacial score (nSPS) is 10.4. The highest BCUT2D eigenvalue weighted by molar-refractivity contribution is 6.35. The number of aromatic nitrogens is 1. The molecule has 0 saturated carbocycles. The maximum atomic E-state index is 13.7. The second-order valence-electron chi connectivity index (χ2n) is 3.33. The van der Waals surface area contributed by atoms with Gasteiger partial charge in [-0.25, -0.2) is 9.18 Å². The van der Waals surface area contributed by atoms with E-state index in [4.69, 9.17) is 26.0 Å². The van der Waals surface area contributed by atoms with Gasteiger partial charge in [-0.2, -0.15) is 0 Å². The van der Waals surface area contributed by atoms with E-state index in [1.807, 2.05) is 0 Å². The third kappa shape index (κ3) is 2.02. The molecular weight excluding hydrogens is 265 g/mol. The molecule has 7 heteroatoms. The predicted molar refractivity (Wildman–Crippen MR) is 60.4 cm³/mol. The summed E-state index contributed by atoms with van der Waals surface area (Å²) in [5.74, 6) is -1.80. The van der Waals surface area contributed by atoms with Crippen LogP contribution in [-0.4, -0.2) is 23.3 Å². The maximum Gasteiger partial charge on any atom is 0.359 e. The van der Waals surface area contributed by atoms with Crippen LogP contribution in [0.15, 0.2) is 22.7 Å². The predicted octanol–water partition coefficient (Wildman–Crippen LogP) is 2.84. The van der Waals surface area contributed by atoms with Gasteiger partial charge in [0.25, 0.3) is 0 Å². The Morgan fingerprint density at radius 2 is 2.28 bits per heavy atom. The summed E-state index contributed by atoms with van der Waals surface area (Å²) in [4.78, 5) is 10.7. The molecule has 0 bridgehead atoms.